The van der Waals surface area contributed by atoms with Crippen molar-refractivity contribution in [2.45, 2.75) is 37.0 Å². The van der Waals surface area contributed by atoms with Gasteiger partial charge in [-0.3, -0.25) is 4.79 Å². The quantitative estimate of drug-likeness (QED) is 0.872. The molecule has 1 aliphatic carbocycles. The maximum Gasteiger partial charge on any atom is 0.261 e. The number of carbonyl (C=O) groups excluding carboxylic acids is 1. The van der Waals surface area contributed by atoms with Crippen LogP contribution in [0.15, 0.2) is 29.2 Å². The fourth-order valence-corrected chi connectivity index (χ4v) is 3.13. The lowest BCUT2D eigenvalue weighted by molar-refractivity contribution is -0.120. The Kier molecular flexibility index (Phi) is 4.47. The Bertz CT molecular complexity index is 565. The molecule has 0 saturated heterocycles. The second kappa shape index (κ2) is 5.92. The number of amides is 1. The lowest BCUT2D eigenvalue weighted by Gasteiger charge is -2.20. The summed E-state index contributed by atoms with van der Waals surface area (Å²) < 4.78 is 22.5. The van der Waals surface area contributed by atoms with Gasteiger partial charge in [-0.05, 0) is 31.0 Å². The van der Waals surface area contributed by atoms with Crippen molar-refractivity contribution in [3.05, 3.63) is 24.3 Å². The Balaban J connectivity index is 2.08. The normalized spacial score (nSPS) is 17.1. The lowest BCUT2D eigenvalue weighted by Crippen LogP contribution is -2.24. The summed E-state index contributed by atoms with van der Waals surface area (Å²) in [6, 6.07) is 6.00. The molecule has 0 aromatic heterocycles. The van der Waals surface area contributed by atoms with Gasteiger partial charge in [-0.25, -0.2) is 8.42 Å². The van der Waals surface area contributed by atoms with Crippen LogP contribution in [0.3, 0.4) is 0 Å². The van der Waals surface area contributed by atoms with Crippen LogP contribution in [0.5, 0.6) is 0 Å². The van der Waals surface area contributed by atoms with Crippen molar-refractivity contribution >= 4 is 31.3 Å². The average molecular weight is 302 g/mol. The van der Waals surface area contributed by atoms with Crippen LogP contribution in [0.1, 0.15) is 32.1 Å². The largest absolute Gasteiger partial charge is 0.326 e. The lowest BCUT2D eigenvalue weighted by atomic mass is 9.88. The standard InChI is InChI=1S/C13H16ClNO3S/c14-19(17,18)12-8-4-7-11(9-12)15-13(16)10-5-2-1-3-6-10/h4,7-10H,1-3,5-6H2,(H,15,16). The Hall–Kier alpha value is -1.07. The highest BCUT2D eigenvalue weighted by Crippen LogP contribution is 2.25. The summed E-state index contributed by atoms with van der Waals surface area (Å²) in [6.07, 6.45) is 5.14. The van der Waals surface area contributed by atoms with Crippen molar-refractivity contribution < 1.29 is 13.2 Å². The fraction of sp³-hybridized carbons (Fsp3) is 0.462. The van der Waals surface area contributed by atoms with Gasteiger partial charge >= 0.3 is 0 Å². The maximum atomic E-state index is 12.0. The SMILES string of the molecule is O=C(Nc1cccc(S(=O)(=O)Cl)c1)C1CCCCC1. The number of anilines is 1. The van der Waals surface area contributed by atoms with Gasteiger partial charge in [-0.2, -0.15) is 0 Å². The zero-order valence-electron chi connectivity index (χ0n) is 10.4. The maximum absolute atomic E-state index is 12.0. The van der Waals surface area contributed by atoms with E-state index in [1.165, 1.54) is 18.6 Å². The highest BCUT2D eigenvalue weighted by Gasteiger charge is 2.21. The molecule has 1 saturated carbocycles. The minimum Gasteiger partial charge on any atom is -0.326 e. The smallest absolute Gasteiger partial charge is 0.261 e. The second-order valence-corrected chi connectivity index (χ2v) is 7.36. The number of hydrogen-bond donors (Lipinski definition) is 1. The number of hydrogen-bond acceptors (Lipinski definition) is 3. The Morgan fingerprint density at radius 1 is 1.21 bits per heavy atom. The van der Waals surface area contributed by atoms with E-state index in [4.69, 9.17) is 10.7 Å². The molecule has 0 atom stereocenters. The number of carbonyl (C=O) groups is 1. The van der Waals surface area contributed by atoms with E-state index < -0.39 is 9.05 Å². The van der Waals surface area contributed by atoms with Crippen LogP contribution in [0.25, 0.3) is 0 Å². The molecule has 1 aliphatic rings. The minimum atomic E-state index is -3.77. The van der Waals surface area contributed by atoms with Crippen molar-refractivity contribution in [2.75, 3.05) is 5.32 Å². The van der Waals surface area contributed by atoms with E-state index in [0.717, 1.165) is 25.7 Å². The topological polar surface area (TPSA) is 63.2 Å². The molecule has 0 bridgehead atoms. The molecular formula is C13H16ClNO3S. The van der Waals surface area contributed by atoms with Crippen molar-refractivity contribution in [1.82, 2.24) is 0 Å². The molecule has 1 aromatic carbocycles. The third-order valence-corrected chi connectivity index (χ3v) is 4.71. The first-order valence-electron chi connectivity index (χ1n) is 6.32. The average Bonchev–Trinajstić information content (AvgIpc) is 2.39. The number of rotatable bonds is 3. The van der Waals surface area contributed by atoms with Crippen LogP contribution in [-0.4, -0.2) is 14.3 Å². The first kappa shape index (κ1) is 14.3. The zero-order chi connectivity index (χ0) is 13.9. The molecule has 0 heterocycles. The van der Waals surface area contributed by atoms with E-state index in [1.807, 2.05) is 0 Å². The van der Waals surface area contributed by atoms with Crippen LogP contribution >= 0.6 is 10.7 Å². The molecule has 6 heteroatoms. The van der Waals surface area contributed by atoms with Crippen molar-refractivity contribution in [3.8, 4) is 0 Å². The zero-order valence-corrected chi connectivity index (χ0v) is 12.0. The van der Waals surface area contributed by atoms with Gasteiger partial charge in [0.2, 0.25) is 5.91 Å². The van der Waals surface area contributed by atoms with Crippen LogP contribution in [0.2, 0.25) is 0 Å². The fourth-order valence-electron chi connectivity index (χ4n) is 2.33. The summed E-state index contributed by atoms with van der Waals surface area (Å²) in [7, 11) is 1.51. The Morgan fingerprint density at radius 2 is 1.89 bits per heavy atom. The molecule has 1 aromatic rings. The third kappa shape index (κ3) is 3.94. The molecule has 4 nitrogen and oxygen atoms in total. The first-order chi connectivity index (χ1) is 8.97. The minimum absolute atomic E-state index is 0.00406. The summed E-state index contributed by atoms with van der Waals surface area (Å²) >= 11 is 0. The monoisotopic (exact) mass is 301 g/mol. The number of nitrogens with one attached hydrogen (secondary N) is 1. The van der Waals surface area contributed by atoms with Crippen LogP contribution in [0.4, 0.5) is 5.69 Å². The van der Waals surface area contributed by atoms with Crippen LogP contribution < -0.4 is 5.32 Å². The second-order valence-electron chi connectivity index (χ2n) is 4.79. The molecule has 0 spiro atoms. The molecule has 2 rings (SSSR count). The molecule has 0 radical (unpaired) electrons. The van der Waals surface area contributed by atoms with Gasteiger partial charge in [0.1, 0.15) is 0 Å². The molecular weight excluding hydrogens is 286 g/mol. The molecule has 0 aliphatic heterocycles. The molecule has 0 unspecified atom stereocenters. The highest BCUT2D eigenvalue weighted by atomic mass is 35.7. The van der Waals surface area contributed by atoms with Gasteiger partial charge in [0.15, 0.2) is 0 Å². The number of benzene rings is 1. The first-order valence-corrected chi connectivity index (χ1v) is 8.63. The van der Waals surface area contributed by atoms with Crippen LogP contribution in [-0.2, 0) is 13.8 Å². The van der Waals surface area contributed by atoms with Gasteiger partial charge in [-0.1, -0.05) is 25.3 Å². The summed E-state index contributed by atoms with van der Waals surface area (Å²) in [5.74, 6) is -0.00571. The van der Waals surface area contributed by atoms with E-state index in [-0.39, 0.29) is 16.7 Å². The summed E-state index contributed by atoms with van der Waals surface area (Å²) in [5, 5.41) is 2.76. The van der Waals surface area contributed by atoms with Gasteiger partial charge in [0.25, 0.3) is 9.05 Å². The van der Waals surface area contributed by atoms with Crippen molar-refractivity contribution in [3.63, 3.8) is 0 Å². The van der Waals surface area contributed by atoms with Gasteiger partial charge in [-0.15, -0.1) is 0 Å². The summed E-state index contributed by atoms with van der Waals surface area (Å²) in [6.45, 7) is 0. The number of halogens is 1. The molecule has 1 fully saturated rings. The van der Waals surface area contributed by atoms with E-state index in [1.54, 1.807) is 12.1 Å². The van der Waals surface area contributed by atoms with Crippen molar-refractivity contribution in [1.29, 1.82) is 0 Å². The summed E-state index contributed by atoms with van der Waals surface area (Å²) in [5.41, 5.74) is 0.470. The van der Waals surface area contributed by atoms with E-state index in [2.05, 4.69) is 5.32 Å². The van der Waals surface area contributed by atoms with Gasteiger partial charge < -0.3 is 5.32 Å². The van der Waals surface area contributed by atoms with Gasteiger partial charge in [0.05, 0.1) is 4.90 Å². The van der Waals surface area contributed by atoms with E-state index >= 15 is 0 Å². The van der Waals surface area contributed by atoms with Crippen molar-refractivity contribution in [2.24, 2.45) is 5.92 Å². The molecule has 1 amide bonds. The predicted octanol–water partition coefficient (Wildman–Crippen LogP) is 3.13. The Morgan fingerprint density at radius 3 is 2.53 bits per heavy atom. The summed E-state index contributed by atoms with van der Waals surface area (Å²) in [4.78, 5) is 12.0. The third-order valence-electron chi connectivity index (χ3n) is 3.36. The highest BCUT2D eigenvalue weighted by molar-refractivity contribution is 8.13. The predicted molar refractivity (Wildman–Crippen MR) is 74.7 cm³/mol. The molecule has 104 valence electrons. The van der Waals surface area contributed by atoms with E-state index in [0.29, 0.717) is 5.69 Å². The van der Waals surface area contributed by atoms with Crippen LogP contribution in [0, 0.1) is 5.92 Å². The van der Waals surface area contributed by atoms with Gasteiger partial charge in [0, 0.05) is 22.3 Å². The molecule has 19 heavy (non-hydrogen) atoms. The Labute approximate surface area is 117 Å². The molecule has 1 N–H and O–H groups in total. The van der Waals surface area contributed by atoms with E-state index in [9.17, 15) is 13.2 Å².